The van der Waals surface area contributed by atoms with Crippen LogP contribution in [0, 0.1) is 5.92 Å². The first-order valence-corrected chi connectivity index (χ1v) is 6.80. The third-order valence-corrected chi connectivity index (χ3v) is 3.65. The SMILES string of the molecule is COCC1CCN(C(=O)CCc2ccc(N)cc2)C1. The zero-order chi connectivity index (χ0) is 13.7. The molecule has 1 unspecified atom stereocenters. The molecule has 4 nitrogen and oxygen atoms in total. The zero-order valence-corrected chi connectivity index (χ0v) is 11.5. The van der Waals surface area contributed by atoms with Gasteiger partial charge in [0.05, 0.1) is 6.61 Å². The molecule has 0 aliphatic carbocycles. The lowest BCUT2D eigenvalue weighted by atomic mass is 10.1. The van der Waals surface area contributed by atoms with Crippen LogP contribution in [0.5, 0.6) is 0 Å². The number of hydrogen-bond donors (Lipinski definition) is 1. The molecule has 1 atom stereocenters. The monoisotopic (exact) mass is 262 g/mol. The van der Waals surface area contributed by atoms with E-state index in [1.165, 1.54) is 0 Å². The van der Waals surface area contributed by atoms with Crippen molar-refractivity contribution in [3.8, 4) is 0 Å². The number of hydrogen-bond acceptors (Lipinski definition) is 3. The minimum Gasteiger partial charge on any atom is -0.399 e. The number of nitrogen functional groups attached to an aromatic ring is 1. The first-order chi connectivity index (χ1) is 9.19. The summed E-state index contributed by atoms with van der Waals surface area (Å²) < 4.78 is 5.14. The number of benzene rings is 1. The van der Waals surface area contributed by atoms with E-state index in [9.17, 15) is 4.79 Å². The zero-order valence-electron chi connectivity index (χ0n) is 11.5. The molecule has 1 aliphatic heterocycles. The molecule has 0 radical (unpaired) electrons. The van der Waals surface area contributed by atoms with Crippen LogP contribution >= 0.6 is 0 Å². The molecule has 0 spiro atoms. The Morgan fingerprint density at radius 1 is 1.42 bits per heavy atom. The number of nitrogens with two attached hydrogens (primary N) is 1. The number of carbonyl (C=O) groups is 1. The van der Waals surface area contributed by atoms with Gasteiger partial charge in [0.25, 0.3) is 0 Å². The minimum absolute atomic E-state index is 0.246. The van der Waals surface area contributed by atoms with Crippen molar-refractivity contribution in [3.63, 3.8) is 0 Å². The summed E-state index contributed by atoms with van der Waals surface area (Å²) in [4.78, 5) is 14.1. The van der Waals surface area contributed by atoms with E-state index >= 15 is 0 Å². The van der Waals surface area contributed by atoms with E-state index in [0.29, 0.717) is 12.3 Å². The Bertz CT molecular complexity index is 417. The number of methoxy groups -OCH3 is 1. The molecule has 1 aromatic rings. The highest BCUT2D eigenvalue weighted by molar-refractivity contribution is 5.76. The van der Waals surface area contributed by atoms with E-state index in [1.54, 1.807) is 7.11 Å². The Morgan fingerprint density at radius 2 is 2.16 bits per heavy atom. The molecule has 1 aromatic carbocycles. The molecule has 19 heavy (non-hydrogen) atoms. The number of aryl methyl sites for hydroxylation is 1. The van der Waals surface area contributed by atoms with Crippen LogP contribution in [-0.4, -0.2) is 37.6 Å². The van der Waals surface area contributed by atoms with E-state index in [0.717, 1.165) is 43.8 Å². The van der Waals surface area contributed by atoms with E-state index in [4.69, 9.17) is 10.5 Å². The van der Waals surface area contributed by atoms with Gasteiger partial charge in [0.2, 0.25) is 5.91 Å². The molecule has 1 heterocycles. The van der Waals surface area contributed by atoms with Gasteiger partial charge in [0.1, 0.15) is 0 Å². The van der Waals surface area contributed by atoms with Crippen molar-refractivity contribution in [1.29, 1.82) is 0 Å². The summed E-state index contributed by atoms with van der Waals surface area (Å²) >= 11 is 0. The lowest BCUT2D eigenvalue weighted by Crippen LogP contribution is -2.29. The van der Waals surface area contributed by atoms with Crippen LogP contribution in [-0.2, 0) is 16.0 Å². The number of nitrogens with zero attached hydrogens (tertiary/aromatic N) is 1. The maximum absolute atomic E-state index is 12.1. The fraction of sp³-hybridized carbons (Fsp3) is 0.533. The normalized spacial score (nSPS) is 18.8. The van der Waals surface area contributed by atoms with Crippen molar-refractivity contribution in [2.45, 2.75) is 19.3 Å². The van der Waals surface area contributed by atoms with Crippen LogP contribution < -0.4 is 5.73 Å². The van der Waals surface area contributed by atoms with Crippen LogP contribution in [0.1, 0.15) is 18.4 Å². The number of rotatable bonds is 5. The quantitative estimate of drug-likeness (QED) is 0.822. The maximum atomic E-state index is 12.1. The topological polar surface area (TPSA) is 55.6 Å². The van der Waals surface area contributed by atoms with Gasteiger partial charge >= 0.3 is 0 Å². The maximum Gasteiger partial charge on any atom is 0.222 e. The van der Waals surface area contributed by atoms with Crippen LogP contribution in [0.2, 0.25) is 0 Å². The van der Waals surface area contributed by atoms with Crippen molar-refractivity contribution in [3.05, 3.63) is 29.8 Å². The number of likely N-dealkylation sites (tertiary alicyclic amines) is 1. The van der Waals surface area contributed by atoms with Crippen molar-refractivity contribution >= 4 is 11.6 Å². The molecule has 1 fully saturated rings. The van der Waals surface area contributed by atoms with Crippen molar-refractivity contribution < 1.29 is 9.53 Å². The third-order valence-electron chi connectivity index (χ3n) is 3.65. The predicted octanol–water partition coefficient (Wildman–Crippen LogP) is 1.70. The summed E-state index contributed by atoms with van der Waals surface area (Å²) in [6.07, 6.45) is 2.41. The fourth-order valence-corrected chi connectivity index (χ4v) is 2.52. The summed E-state index contributed by atoms with van der Waals surface area (Å²) in [5, 5.41) is 0. The highest BCUT2D eigenvalue weighted by Gasteiger charge is 2.25. The number of anilines is 1. The van der Waals surface area contributed by atoms with Crippen LogP contribution in [0.15, 0.2) is 24.3 Å². The summed E-state index contributed by atoms with van der Waals surface area (Å²) in [6, 6.07) is 7.73. The third kappa shape index (κ3) is 3.96. The standard InChI is InChI=1S/C15H22N2O2/c1-19-11-13-8-9-17(10-13)15(18)7-4-12-2-5-14(16)6-3-12/h2-3,5-6,13H,4,7-11,16H2,1H3. The van der Waals surface area contributed by atoms with E-state index in [1.807, 2.05) is 29.2 Å². The average Bonchev–Trinajstić information content (AvgIpc) is 2.87. The second-order valence-corrected chi connectivity index (χ2v) is 5.19. The van der Waals surface area contributed by atoms with Crippen LogP contribution in [0.3, 0.4) is 0 Å². The molecule has 0 saturated carbocycles. The largest absolute Gasteiger partial charge is 0.399 e. The highest BCUT2D eigenvalue weighted by atomic mass is 16.5. The van der Waals surface area contributed by atoms with E-state index in [2.05, 4.69) is 0 Å². The van der Waals surface area contributed by atoms with Gasteiger partial charge in [-0.3, -0.25) is 4.79 Å². The lowest BCUT2D eigenvalue weighted by molar-refractivity contribution is -0.130. The molecule has 4 heteroatoms. The Hall–Kier alpha value is -1.55. The minimum atomic E-state index is 0.246. The first-order valence-electron chi connectivity index (χ1n) is 6.80. The van der Waals surface area contributed by atoms with Gasteiger partial charge in [-0.1, -0.05) is 12.1 Å². The molecule has 0 aromatic heterocycles. The van der Waals surface area contributed by atoms with Gasteiger partial charge in [-0.25, -0.2) is 0 Å². The number of ether oxygens (including phenoxy) is 1. The highest BCUT2D eigenvalue weighted by Crippen LogP contribution is 2.18. The lowest BCUT2D eigenvalue weighted by Gasteiger charge is -2.16. The van der Waals surface area contributed by atoms with Crippen LogP contribution in [0.25, 0.3) is 0 Å². The number of carbonyl (C=O) groups excluding carboxylic acids is 1. The summed E-state index contributed by atoms with van der Waals surface area (Å²) in [5.41, 5.74) is 7.56. The Kier molecular flexibility index (Phi) is 4.80. The van der Waals surface area contributed by atoms with Gasteiger partial charge in [-0.05, 0) is 30.5 Å². The Morgan fingerprint density at radius 3 is 2.84 bits per heavy atom. The first kappa shape index (κ1) is 13.9. The van der Waals surface area contributed by atoms with Gasteiger partial charge in [0, 0.05) is 38.2 Å². The summed E-state index contributed by atoms with van der Waals surface area (Å²) in [7, 11) is 1.71. The van der Waals surface area contributed by atoms with E-state index in [-0.39, 0.29) is 5.91 Å². The smallest absolute Gasteiger partial charge is 0.222 e. The van der Waals surface area contributed by atoms with Crippen molar-refractivity contribution in [2.24, 2.45) is 5.92 Å². The van der Waals surface area contributed by atoms with Gasteiger partial charge < -0.3 is 15.4 Å². The Balaban J connectivity index is 1.77. The van der Waals surface area contributed by atoms with Crippen molar-refractivity contribution in [1.82, 2.24) is 4.90 Å². The van der Waals surface area contributed by atoms with E-state index < -0.39 is 0 Å². The summed E-state index contributed by atoms with van der Waals surface area (Å²) in [5.74, 6) is 0.751. The number of amides is 1. The molecule has 1 aliphatic rings. The Labute approximate surface area is 114 Å². The second kappa shape index (κ2) is 6.57. The van der Waals surface area contributed by atoms with Gasteiger partial charge in [-0.2, -0.15) is 0 Å². The van der Waals surface area contributed by atoms with Crippen molar-refractivity contribution in [2.75, 3.05) is 32.5 Å². The molecule has 1 amide bonds. The molecule has 2 rings (SSSR count). The van der Waals surface area contributed by atoms with Crippen LogP contribution in [0.4, 0.5) is 5.69 Å². The molecule has 104 valence electrons. The molecule has 0 bridgehead atoms. The molecule has 1 saturated heterocycles. The second-order valence-electron chi connectivity index (χ2n) is 5.19. The predicted molar refractivity (Wildman–Crippen MR) is 75.7 cm³/mol. The van der Waals surface area contributed by atoms with Gasteiger partial charge in [0.15, 0.2) is 0 Å². The molecule has 2 N–H and O–H groups in total. The fourth-order valence-electron chi connectivity index (χ4n) is 2.52. The van der Waals surface area contributed by atoms with Gasteiger partial charge in [-0.15, -0.1) is 0 Å². The average molecular weight is 262 g/mol. The summed E-state index contributed by atoms with van der Waals surface area (Å²) in [6.45, 7) is 2.46. The molecular weight excluding hydrogens is 240 g/mol. The molecular formula is C15H22N2O2.